The lowest BCUT2D eigenvalue weighted by molar-refractivity contribution is -0.159. The Hall–Kier alpha value is -2.46. The third-order valence-corrected chi connectivity index (χ3v) is 4.52. The fraction of sp³-hybridized carbons (Fsp3) is 0.600. The van der Waals surface area contributed by atoms with Crippen LogP contribution in [0.4, 0.5) is 0 Å². The summed E-state index contributed by atoms with van der Waals surface area (Å²) in [5, 5.41) is 0. The second-order valence-corrected chi connectivity index (χ2v) is 6.21. The van der Waals surface area contributed by atoms with Gasteiger partial charge >= 0.3 is 23.9 Å². The van der Waals surface area contributed by atoms with Crippen LogP contribution >= 0.6 is 0 Å². The second-order valence-electron chi connectivity index (χ2n) is 6.21. The van der Waals surface area contributed by atoms with Crippen LogP contribution in [-0.2, 0) is 38.2 Å². The molecule has 4 unspecified atom stereocenters. The monoisotopic (exact) mass is 354 g/mol. The number of fused-ring (bicyclic) bond motifs is 6. The fourth-order valence-corrected chi connectivity index (χ4v) is 3.79. The van der Waals surface area contributed by atoms with E-state index in [0.717, 1.165) is 0 Å². The Kier molecular flexibility index (Phi) is 4.87. The van der Waals surface area contributed by atoms with Gasteiger partial charge in [0.2, 0.25) is 0 Å². The summed E-state index contributed by atoms with van der Waals surface area (Å²) in [6.07, 6.45) is 0.0833. The third-order valence-electron chi connectivity index (χ3n) is 4.52. The maximum absolute atomic E-state index is 11.2. The molecule has 4 N–H and O–H groups in total. The summed E-state index contributed by atoms with van der Waals surface area (Å²) in [5.41, 5.74) is 8.51. The first-order chi connectivity index (χ1) is 11.6. The van der Waals surface area contributed by atoms with Gasteiger partial charge in [0.25, 0.3) is 0 Å². The van der Waals surface area contributed by atoms with Crippen molar-refractivity contribution in [3.05, 3.63) is 0 Å². The van der Waals surface area contributed by atoms with Crippen LogP contribution in [0.2, 0.25) is 0 Å². The summed E-state index contributed by atoms with van der Waals surface area (Å²) in [5.74, 6) is -4.80. The summed E-state index contributed by atoms with van der Waals surface area (Å²) in [6.45, 7) is 3.06. The van der Waals surface area contributed by atoms with Crippen LogP contribution in [0.5, 0.6) is 0 Å². The van der Waals surface area contributed by atoms with Gasteiger partial charge in [0.05, 0.1) is 30.1 Å². The number of carbonyl (C=O) groups excluding carboxylic acids is 6. The standard InChI is InChI=1S/C9H4O6.C5H8O2.CH6N2/c10-5-1-2(6(11)14-5)9(1)3-4(9)8(13)15-7(3)12;1-4(6)3-5(2)7;2-1-3/h1-4H;3H2,1-2H3;1-3H2. The summed E-state index contributed by atoms with van der Waals surface area (Å²) < 4.78 is 8.79. The molecule has 4 fully saturated rings. The molecule has 2 heterocycles. The fourth-order valence-electron chi connectivity index (χ4n) is 3.79. The van der Waals surface area contributed by atoms with Crippen LogP contribution in [0.25, 0.3) is 0 Å². The first-order valence-electron chi connectivity index (χ1n) is 7.54. The van der Waals surface area contributed by atoms with Gasteiger partial charge in [0, 0.05) is 12.1 Å². The van der Waals surface area contributed by atoms with Gasteiger partial charge in [-0.1, -0.05) is 0 Å². The van der Waals surface area contributed by atoms with Crippen molar-refractivity contribution in [3.8, 4) is 0 Å². The van der Waals surface area contributed by atoms with Crippen LogP contribution in [0.3, 0.4) is 0 Å². The first-order valence-corrected chi connectivity index (χ1v) is 7.54. The number of rotatable bonds is 2. The lowest BCUT2D eigenvalue weighted by atomic mass is 10.2. The van der Waals surface area contributed by atoms with Crippen molar-refractivity contribution in [2.24, 2.45) is 40.6 Å². The number of ketones is 2. The SMILES string of the molecule is CC(=O)CC(C)=O.NCN.O=C1OC(=O)C2C1C21C2C(=O)OC(=O)C21. The van der Waals surface area contributed by atoms with Crippen LogP contribution in [0.1, 0.15) is 20.3 Å². The van der Waals surface area contributed by atoms with Crippen molar-refractivity contribution >= 4 is 35.4 Å². The molecule has 0 amide bonds. The molecule has 0 aromatic carbocycles. The lowest BCUT2D eigenvalue weighted by Gasteiger charge is -2.03. The number of hydrogen-bond acceptors (Lipinski definition) is 10. The average molecular weight is 354 g/mol. The van der Waals surface area contributed by atoms with E-state index in [1.165, 1.54) is 13.8 Å². The molecule has 2 saturated carbocycles. The van der Waals surface area contributed by atoms with E-state index in [1.807, 2.05) is 0 Å². The van der Waals surface area contributed by atoms with Gasteiger partial charge in [0.15, 0.2) is 0 Å². The Labute approximate surface area is 142 Å². The molecule has 25 heavy (non-hydrogen) atoms. The largest absolute Gasteiger partial charge is 0.393 e. The molecule has 0 aromatic heterocycles. The minimum absolute atomic E-state index is 0.0625. The highest BCUT2D eigenvalue weighted by molar-refractivity contribution is 6.12. The molecule has 136 valence electrons. The molecule has 0 bridgehead atoms. The van der Waals surface area contributed by atoms with E-state index in [0.29, 0.717) is 0 Å². The van der Waals surface area contributed by atoms with E-state index in [-0.39, 0.29) is 24.7 Å². The molecule has 0 aromatic rings. The predicted molar refractivity (Wildman–Crippen MR) is 77.8 cm³/mol. The van der Waals surface area contributed by atoms with Gasteiger partial charge in [-0.15, -0.1) is 0 Å². The molecule has 2 aliphatic heterocycles. The molecular weight excluding hydrogens is 336 g/mol. The molecule has 4 aliphatic rings. The molecular formula is C15H18N2O8. The average Bonchev–Trinajstić information content (AvgIpc) is 3.23. The Morgan fingerprint density at radius 3 is 1.20 bits per heavy atom. The number of nitrogens with two attached hydrogens (primary N) is 2. The normalized spacial score (nSPS) is 35.4. The van der Waals surface area contributed by atoms with Crippen molar-refractivity contribution in [2.75, 3.05) is 6.67 Å². The van der Waals surface area contributed by atoms with Crippen molar-refractivity contribution in [3.63, 3.8) is 0 Å². The van der Waals surface area contributed by atoms with Gasteiger partial charge in [-0.25, -0.2) is 0 Å². The topological polar surface area (TPSA) is 173 Å². The van der Waals surface area contributed by atoms with Gasteiger partial charge < -0.3 is 20.9 Å². The molecule has 2 saturated heterocycles. The zero-order valence-electron chi connectivity index (χ0n) is 13.6. The highest BCUT2D eigenvalue weighted by Gasteiger charge is 2.97. The Morgan fingerprint density at radius 2 is 1.04 bits per heavy atom. The molecule has 1 spiro atoms. The summed E-state index contributed by atoms with van der Waals surface area (Å²) in [7, 11) is 0. The molecule has 10 nitrogen and oxygen atoms in total. The number of cyclic esters (lactones) is 4. The quantitative estimate of drug-likeness (QED) is 0.322. The first kappa shape index (κ1) is 18.9. The van der Waals surface area contributed by atoms with Gasteiger partial charge in [-0.2, -0.15) is 0 Å². The maximum atomic E-state index is 11.2. The smallest absolute Gasteiger partial charge is 0.318 e. The van der Waals surface area contributed by atoms with Crippen LogP contribution in [0.15, 0.2) is 0 Å². The van der Waals surface area contributed by atoms with Crippen molar-refractivity contribution < 1.29 is 38.2 Å². The highest BCUT2D eigenvalue weighted by atomic mass is 16.6. The maximum Gasteiger partial charge on any atom is 0.318 e. The molecule has 4 rings (SSSR count). The van der Waals surface area contributed by atoms with E-state index >= 15 is 0 Å². The van der Waals surface area contributed by atoms with E-state index in [2.05, 4.69) is 20.9 Å². The Balaban J connectivity index is 0.000000193. The zero-order valence-corrected chi connectivity index (χ0v) is 13.6. The van der Waals surface area contributed by atoms with Gasteiger partial charge in [-0.3, -0.25) is 28.8 Å². The van der Waals surface area contributed by atoms with Crippen molar-refractivity contribution in [2.45, 2.75) is 20.3 Å². The van der Waals surface area contributed by atoms with Crippen molar-refractivity contribution in [1.29, 1.82) is 0 Å². The van der Waals surface area contributed by atoms with Crippen LogP contribution < -0.4 is 11.5 Å². The van der Waals surface area contributed by atoms with E-state index in [4.69, 9.17) is 0 Å². The number of ether oxygens (including phenoxy) is 2. The number of hydrogen-bond donors (Lipinski definition) is 2. The molecule has 0 radical (unpaired) electrons. The van der Waals surface area contributed by atoms with E-state index in [9.17, 15) is 28.8 Å². The number of esters is 4. The van der Waals surface area contributed by atoms with Crippen molar-refractivity contribution in [1.82, 2.24) is 0 Å². The molecule has 2 aliphatic carbocycles. The third kappa shape index (κ3) is 2.87. The number of carbonyl (C=O) groups is 6. The van der Waals surface area contributed by atoms with Crippen LogP contribution in [0, 0.1) is 29.1 Å². The van der Waals surface area contributed by atoms with Gasteiger partial charge in [0.1, 0.15) is 11.6 Å². The number of Topliss-reactive ketones (excluding diaryl/α,β-unsaturated/α-hetero) is 2. The minimum atomic E-state index is -0.737. The summed E-state index contributed by atoms with van der Waals surface area (Å²) >= 11 is 0. The van der Waals surface area contributed by atoms with E-state index in [1.54, 1.807) is 0 Å². The summed E-state index contributed by atoms with van der Waals surface area (Å²) in [6, 6.07) is 0. The highest BCUT2D eigenvalue weighted by Crippen LogP contribution is 2.85. The minimum Gasteiger partial charge on any atom is -0.393 e. The van der Waals surface area contributed by atoms with Gasteiger partial charge in [-0.05, 0) is 13.8 Å². The Bertz CT molecular complexity index is 586. The van der Waals surface area contributed by atoms with Crippen LogP contribution in [-0.4, -0.2) is 42.1 Å². The predicted octanol–water partition coefficient (Wildman–Crippen LogP) is -1.95. The lowest BCUT2D eigenvalue weighted by Crippen LogP contribution is -2.19. The Morgan fingerprint density at radius 1 is 0.800 bits per heavy atom. The van der Waals surface area contributed by atoms with E-state index < -0.39 is 53.0 Å². The zero-order chi connectivity index (χ0) is 19.1. The molecule has 10 heteroatoms. The summed E-state index contributed by atoms with van der Waals surface area (Å²) in [4.78, 5) is 64.9. The molecule has 4 atom stereocenters. The second kappa shape index (κ2) is 6.45.